The van der Waals surface area contributed by atoms with Gasteiger partial charge in [0.25, 0.3) is 20.3 Å². The molecule has 1 heterocycles. The third-order valence-electron chi connectivity index (χ3n) is 4.53. The highest BCUT2D eigenvalue weighted by Crippen LogP contribution is 2.25. The molecule has 3 aromatic carbocycles. The minimum absolute atomic E-state index is 0.106. The third-order valence-corrected chi connectivity index (χ3v) is 8.20. The van der Waals surface area contributed by atoms with E-state index in [9.17, 15) is 13.2 Å². The lowest BCUT2D eigenvalue weighted by Gasteiger charge is -2.07. The van der Waals surface area contributed by atoms with Gasteiger partial charge in [0, 0.05) is 21.9 Å². The molecular formula is C23H20N4O3S3. The standard InChI is InChI=1S/C23H20N4O3S3/c1-16-7-11-18(12-8-16)21(28)24-22-25-26-23(32-22)33(29,30)27-19-13-9-17(10-14-19)15-31-20-5-3-2-4-6-20/h2-14,27H,15H2,1H3,(H,24,25,28). The van der Waals surface area contributed by atoms with Crippen LogP contribution < -0.4 is 10.0 Å². The van der Waals surface area contributed by atoms with E-state index in [0.717, 1.165) is 28.2 Å². The van der Waals surface area contributed by atoms with E-state index < -0.39 is 10.0 Å². The Bertz CT molecular complexity index is 1340. The number of anilines is 2. The van der Waals surface area contributed by atoms with Gasteiger partial charge in [-0.1, -0.05) is 59.4 Å². The minimum Gasteiger partial charge on any atom is -0.296 e. The molecule has 0 fully saturated rings. The first-order valence-corrected chi connectivity index (χ1v) is 13.2. The first-order valence-electron chi connectivity index (χ1n) is 9.90. The van der Waals surface area contributed by atoms with Gasteiger partial charge < -0.3 is 0 Å². The third kappa shape index (κ3) is 6.19. The van der Waals surface area contributed by atoms with Gasteiger partial charge in [0.05, 0.1) is 0 Å². The highest BCUT2D eigenvalue weighted by atomic mass is 32.2. The summed E-state index contributed by atoms with van der Waals surface area (Å²) in [6.45, 7) is 1.92. The Balaban J connectivity index is 1.37. The Morgan fingerprint density at radius 3 is 2.33 bits per heavy atom. The molecule has 0 atom stereocenters. The van der Waals surface area contributed by atoms with Crippen LogP contribution in [0.4, 0.5) is 10.8 Å². The monoisotopic (exact) mass is 496 g/mol. The Morgan fingerprint density at radius 1 is 0.939 bits per heavy atom. The summed E-state index contributed by atoms with van der Waals surface area (Å²) in [7, 11) is -3.93. The van der Waals surface area contributed by atoms with Crippen molar-refractivity contribution < 1.29 is 13.2 Å². The first-order chi connectivity index (χ1) is 15.9. The number of nitrogens with one attached hydrogen (secondary N) is 2. The molecule has 10 heteroatoms. The normalized spacial score (nSPS) is 11.2. The van der Waals surface area contributed by atoms with Crippen LogP contribution in [0.5, 0.6) is 0 Å². The van der Waals surface area contributed by atoms with Gasteiger partial charge in [0.15, 0.2) is 0 Å². The number of nitrogens with zero attached hydrogens (tertiary/aromatic N) is 2. The fourth-order valence-corrected chi connectivity index (χ4v) is 5.62. The lowest BCUT2D eigenvalue weighted by Crippen LogP contribution is -2.12. The maximum absolute atomic E-state index is 12.7. The molecule has 33 heavy (non-hydrogen) atoms. The van der Waals surface area contributed by atoms with Crippen molar-refractivity contribution in [3.05, 3.63) is 95.6 Å². The molecule has 0 saturated heterocycles. The molecule has 0 aliphatic heterocycles. The van der Waals surface area contributed by atoms with Crippen molar-refractivity contribution in [2.45, 2.75) is 21.9 Å². The van der Waals surface area contributed by atoms with Crippen molar-refractivity contribution >= 4 is 49.8 Å². The number of amides is 1. The number of carbonyl (C=O) groups excluding carboxylic acids is 1. The van der Waals surface area contributed by atoms with Gasteiger partial charge in [-0.3, -0.25) is 14.8 Å². The maximum atomic E-state index is 12.7. The predicted molar refractivity (Wildman–Crippen MR) is 132 cm³/mol. The molecule has 1 aromatic heterocycles. The quantitative estimate of drug-likeness (QED) is 0.257. The zero-order valence-electron chi connectivity index (χ0n) is 17.6. The summed E-state index contributed by atoms with van der Waals surface area (Å²) in [4.78, 5) is 13.5. The van der Waals surface area contributed by atoms with Gasteiger partial charge in [-0.15, -0.1) is 22.0 Å². The second-order valence-electron chi connectivity index (χ2n) is 7.10. The molecule has 0 unspecified atom stereocenters. The smallest absolute Gasteiger partial charge is 0.291 e. The van der Waals surface area contributed by atoms with Crippen molar-refractivity contribution in [1.82, 2.24) is 10.2 Å². The molecule has 0 aliphatic rings. The van der Waals surface area contributed by atoms with Crippen LogP contribution in [0, 0.1) is 6.92 Å². The van der Waals surface area contributed by atoms with Crippen LogP contribution in [0.25, 0.3) is 0 Å². The second kappa shape index (κ2) is 10.2. The van der Waals surface area contributed by atoms with Crippen LogP contribution >= 0.6 is 23.1 Å². The van der Waals surface area contributed by atoms with E-state index in [1.807, 2.05) is 61.5 Å². The van der Waals surface area contributed by atoms with E-state index in [-0.39, 0.29) is 15.4 Å². The highest BCUT2D eigenvalue weighted by molar-refractivity contribution is 7.98. The van der Waals surface area contributed by atoms with Gasteiger partial charge >= 0.3 is 0 Å². The first kappa shape index (κ1) is 23.0. The highest BCUT2D eigenvalue weighted by Gasteiger charge is 2.21. The van der Waals surface area contributed by atoms with Crippen LogP contribution in [0.2, 0.25) is 0 Å². The van der Waals surface area contributed by atoms with E-state index in [1.165, 1.54) is 4.90 Å². The van der Waals surface area contributed by atoms with E-state index in [2.05, 4.69) is 20.2 Å². The summed E-state index contributed by atoms with van der Waals surface area (Å²) < 4.78 is 27.6. The molecule has 4 aromatic rings. The van der Waals surface area contributed by atoms with E-state index in [4.69, 9.17) is 0 Å². The number of carbonyl (C=O) groups is 1. The lowest BCUT2D eigenvalue weighted by atomic mass is 10.1. The van der Waals surface area contributed by atoms with Crippen molar-refractivity contribution in [3.63, 3.8) is 0 Å². The Hall–Kier alpha value is -3.21. The molecule has 0 radical (unpaired) electrons. The number of sulfonamides is 1. The minimum atomic E-state index is -3.93. The fourth-order valence-electron chi connectivity index (χ4n) is 2.79. The summed E-state index contributed by atoms with van der Waals surface area (Å²) in [6, 6.07) is 24.2. The zero-order chi connectivity index (χ0) is 23.3. The Labute approximate surface area is 200 Å². The van der Waals surface area contributed by atoms with Crippen LogP contribution in [0.15, 0.2) is 88.1 Å². The fraction of sp³-hybridized carbons (Fsp3) is 0.0870. The maximum Gasteiger partial charge on any atom is 0.291 e. The average molecular weight is 497 g/mol. The number of aromatic nitrogens is 2. The number of rotatable bonds is 8. The van der Waals surface area contributed by atoms with Gasteiger partial charge in [-0.2, -0.15) is 8.42 Å². The van der Waals surface area contributed by atoms with Crippen molar-refractivity contribution in [3.8, 4) is 0 Å². The molecule has 0 bridgehead atoms. The van der Waals surface area contributed by atoms with Crippen LogP contribution in [-0.4, -0.2) is 24.5 Å². The van der Waals surface area contributed by atoms with Gasteiger partial charge in [-0.05, 0) is 48.9 Å². The zero-order valence-corrected chi connectivity index (χ0v) is 20.0. The van der Waals surface area contributed by atoms with Crippen LogP contribution in [0.3, 0.4) is 0 Å². The average Bonchev–Trinajstić information content (AvgIpc) is 3.29. The van der Waals surface area contributed by atoms with Gasteiger partial charge in [0.2, 0.25) is 5.13 Å². The van der Waals surface area contributed by atoms with Crippen molar-refractivity contribution in [1.29, 1.82) is 0 Å². The topological polar surface area (TPSA) is 101 Å². The molecule has 1 amide bonds. The predicted octanol–water partition coefficient (Wildman–Crippen LogP) is 5.19. The SMILES string of the molecule is Cc1ccc(C(=O)Nc2nnc(S(=O)(=O)Nc3ccc(CSc4ccccc4)cc3)s2)cc1. The lowest BCUT2D eigenvalue weighted by molar-refractivity contribution is 0.102. The molecule has 0 spiro atoms. The molecule has 4 rings (SSSR count). The van der Waals surface area contributed by atoms with Crippen molar-refractivity contribution in [2.24, 2.45) is 0 Å². The van der Waals surface area contributed by atoms with Crippen LogP contribution in [0.1, 0.15) is 21.5 Å². The van der Waals surface area contributed by atoms with Gasteiger partial charge in [0.1, 0.15) is 0 Å². The number of thioether (sulfide) groups is 1. The molecule has 168 valence electrons. The Kier molecular flexibility index (Phi) is 7.07. The van der Waals surface area contributed by atoms with Gasteiger partial charge in [-0.25, -0.2) is 0 Å². The largest absolute Gasteiger partial charge is 0.296 e. The number of hydrogen-bond donors (Lipinski definition) is 2. The number of hydrogen-bond acceptors (Lipinski definition) is 7. The van der Waals surface area contributed by atoms with Crippen molar-refractivity contribution in [2.75, 3.05) is 10.0 Å². The summed E-state index contributed by atoms with van der Waals surface area (Å²) in [5, 5.41) is 10.2. The Morgan fingerprint density at radius 2 is 1.64 bits per heavy atom. The number of benzene rings is 3. The summed E-state index contributed by atoms with van der Waals surface area (Å²) in [5.41, 5.74) is 2.97. The molecular weight excluding hydrogens is 476 g/mol. The summed E-state index contributed by atoms with van der Waals surface area (Å²) in [5.74, 6) is 0.393. The van der Waals surface area contributed by atoms with Crippen LogP contribution in [-0.2, 0) is 15.8 Å². The molecule has 2 N–H and O–H groups in total. The second-order valence-corrected chi connectivity index (χ2v) is 11.0. The summed E-state index contributed by atoms with van der Waals surface area (Å²) in [6.07, 6.45) is 0. The summed E-state index contributed by atoms with van der Waals surface area (Å²) >= 11 is 2.49. The van der Waals surface area contributed by atoms with E-state index in [1.54, 1.807) is 36.0 Å². The number of aryl methyl sites for hydroxylation is 1. The molecule has 0 saturated carbocycles. The van der Waals surface area contributed by atoms with E-state index >= 15 is 0 Å². The van der Waals surface area contributed by atoms with E-state index in [0.29, 0.717) is 11.3 Å². The molecule has 0 aliphatic carbocycles. The molecule has 7 nitrogen and oxygen atoms in total.